The molecule has 19 heavy (non-hydrogen) atoms. The Morgan fingerprint density at radius 1 is 1.32 bits per heavy atom. The summed E-state index contributed by atoms with van der Waals surface area (Å²) in [5.41, 5.74) is 0.817. The minimum Gasteiger partial charge on any atom is -0.381 e. The van der Waals surface area contributed by atoms with Crippen LogP contribution in [0.15, 0.2) is 12.4 Å². The molecule has 0 spiro atoms. The lowest BCUT2D eigenvalue weighted by atomic mass is 10.0. The number of rotatable bonds is 5. The van der Waals surface area contributed by atoms with Crippen LogP contribution in [0.5, 0.6) is 0 Å². The molecule has 1 N–H and O–H groups in total. The SMILES string of the molecule is O=C(CC1CC1)Nc1cnn(CC2CCOCC2)c1. The molecule has 1 aromatic rings. The predicted octanol–water partition coefficient (Wildman–Crippen LogP) is 2.05. The zero-order valence-corrected chi connectivity index (χ0v) is 11.2. The topological polar surface area (TPSA) is 56.2 Å². The van der Waals surface area contributed by atoms with Gasteiger partial charge in [-0.15, -0.1) is 0 Å². The van der Waals surface area contributed by atoms with Crippen LogP contribution in [0.3, 0.4) is 0 Å². The molecule has 5 nitrogen and oxygen atoms in total. The molecule has 0 aromatic carbocycles. The number of amides is 1. The van der Waals surface area contributed by atoms with Crippen molar-refractivity contribution in [3.8, 4) is 0 Å². The summed E-state index contributed by atoms with van der Waals surface area (Å²) < 4.78 is 7.28. The van der Waals surface area contributed by atoms with Gasteiger partial charge in [-0.25, -0.2) is 0 Å². The second-order valence-corrected chi connectivity index (χ2v) is 5.70. The van der Waals surface area contributed by atoms with Crippen molar-refractivity contribution in [1.29, 1.82) is 0 Å². The molecule has 0 bridgehead atoms. The fraction of sp³-hybridized carbons (Fsp3) is 0.714. The van der Waals surface area contributed by atoms with Crippen LogP contribution in [0.1, 0.15) is 32.1 Å². The van der Waals surface area contributed by atoms with Gasteiger partial charge in [-0.05, 0) is 37.5 Å². The van der Waals surface area contributed by atoms with Crippen LogP contribution in [0.2, 0.25) is 0 Å². The average molecular weight is 263 g/mol. The largest absolute Gasteiger partial charge is 0.381 e. The van der Waals surface area contributed by atoms with Gasteiger partial charge >= 0.3 is 0 Å². The molecule has 2 fully saturated rings. The van der Waals surface area contributed by atoms with Crippen molar-refractivity contribution in [3.63, 3.8) is 0 Å². The number of carbonyl (C=O) groups excluding carboxylic acids is 1. The molecule has 2 heterocycles. The molecule has 0 unspecified atom stereocenters. The van der Waals surface area contributed by atoms with E-state index in [0.717, 1.165) is 38.3 Å². The van der Waals surface area contributed by atoms with Gasteiger partial charge in [-0.1, -0.05) is 0 Å². The molecule has 1 aliphatic heterocycles. The van der Waals surface area contributed by atoms with Crippen molar-refractivity contribution >= 4 is 11.6 Å². The van der Waals surface area contributed by atoms with E-state index in [1.165, 1.54) is 12.8 Å². The lowest BCUT2D eigenvalue weighted by Gasteiger charge is -2.21. The first kappa shape index (κ1) is 12.7. The average Bonchev–Trinajstić information content (AvgIpc) is 3.11. The van der Waals surface area contributed by atoms with Crippen LogP contribution in [0.25, 0.3) is 0 Å². The molecule has 0 atom stereocenters. The molecule has 3 rings (SSSR count). The molecule has 104 valence electrons. The molecule has 5 heteroatoms. The number of hydrogen-bond acceptors (Lipinski definition) is 3. The van der Waals surface area contributed by atoms with Crippen molar-refractivity contribution < 1.29 is 9.53 Å². The second-order valence-electron chi connectivity index (χ2n) is 5.70. The zero-order chi connectivity index (χ0) is 13.1. The Morgan fingerprint density at radius 3 is 2.84 bits per heavy atom. The Morgan fingerprint density at radius 2 is 2.11 bits per heavy atom. The van der Waals surface area contributed by atoms with Gasteiger partial charge in [0.1, 0.15) is 0 Å². The quantitative estimate of drug-likeness (QED) is 0.884. The monoisotopic (exact) mass is 263 g/mol. The van der Waals surface area contributed by atoms with Crippen molar-refractivity contribution in [2.24, 2.45) is 11.8 Å². The summed E-state index contributed by atoms with van der Waals surface area (Å²) in [6.45, 7) is 2.63. The van der Waals surface area contributed by atoms with Gasteiger partial charge in [0.2, 0.25) is 5.91 Å². The van der Waals surface area contributed by atoms with Crippen molar-refractivity contribution in [2.75, 3.05) is 18.5 Å². The molecule has 1 saturated heterocycles. The molecule has 2 aliphatic rings. The van der Waals surface area contributed by atoms with Gasteiger partial charge in [0.15, 0.2) is 0 Å². The van der Waals surface area contributed by atoms with Crippen molar-refractivity contribution in [2.45, 2.75) is 38.6 Å². The lowest BCUT2D eigenvalue weighted by molar-refractivity contribution is -0.116. The van der Waals surface area contributed by atoms with Crippen molar-refractivity contribution in [3.05, 3.63) is 12.4 Å². The highest BCUT2D eigenvalue weighted by Gasteiger charge is 2.24. The number of anilines is 1. The van der Waals surface area contributed by atoms with Gasteiger partial charge < -0.3 is 10.1 Å². The van der Waals surface area contributed by atoms with E-state index in [9.17, 15) is 4.79 Å². The van der Waals surface area contributed by atoms with Crippen LogP contribution in [-0.4, -0.2) is 28.9 Å². The predicted molar refractivity (Wildman–Crippen MR) is 71.7 cm³/mol. The Balaban J connectivity index is 1.48. The summed E-state index contributed by atoms with van der Waals surface area (Å²) >= 11 is 0. The van der Waals surface area contributed by atoms with E-state index in [-0.39, 0.29) is 5.91 Å². The van der Waals surface area contributed by atoms with Gasteiger partial charge in [-0.3, -0.25) is 9.48 Å². The molecule has 0 radical (unpaired) electrons. The van der Waals surface area contributed by atoms with E-state index < -0.39 is 0 Å². The zero-order valence-electron chi connectivity index (χ0n) is 11.2. The standard InChI is InChI=1S/C14H21N3O2/c18-14(7-11-1-2-11)16-13-8-15-17(10-13)9-12-3-5-19-6-4-12/h8,10-12H,1-7,9H2,(H,16,18). The highest BCUT2D eigenvalue weighted by atomic mass is 16.5. The lowest BCUT2D eigenvalue weighted by Crippen LogP contribution is -2.20. The number of nitrogens with zero attached hydrogens (tertiary/aromatic N) is 2. The van der Waals surface area contributed by atoms with E-state index in [0.29, 0.717) is 18.3 Å². The summed E-state index contributed by atoms with van der Waals surface area (Å²) in [4.78, 5) is 11.7. The summed E-state index contributed by atoms with van der Waals surface area (Å²) in [5, 5.41) is 7.24. The highest BCUT2D eigenvalue weighted by molar-refractivity contribution is 5.90. The number of carbonyl (C=O) groups is 1. The van der Waals surface area contributed by atoms with Gasteiger partial charge in [0.05, 0.1) is 11.9 Å². The number of aromatic nitrogens is 2. The van der Waals surface area contributed by atoms with E-state index >= 15 is 0 Å². The normalized spacial score (nSPS) is 20.4. The highest BCUT2D eigenvalue weighted by Crippen LogP contribution is 2.32. The Bertz CT molecular complexity index is 434. The van der Waals surface area contributed by atoms with E-state index in [2.05, 4.69) is 10.4 Å². The van der Waals surface area contributed by atoms with Crippen LogP contribution >= 0.6 is 0 Å². The van der Waals surface area contributed by atoms with Crippen molar-refractivity contribution in [1.82, 2.24) is 9.78 Å². The Labute approximate surface area is 113 Å². The number of nitrogens with one attached hydrogen (secondary N) is 1. The maximum atomic E-state index is 11.7. The maximum Gasteiger partial charge on any atom is 0.224 e. The molecule has 1 amide bonds. The molecule has 1 saturated carbocycles. The molecule has 1 aromatic heterocycles. The van der Waals surface area contributed by atoms with Crippen LogP contribution in [0.4, 0.5) is 5.69 Å². The first-order valence-corrected chi connectivity index (χ1v) is 7.19. The smallest absolute Gasteiger partial charge is 0.224 e. The summed E-state index contributed by atoms with van der Waals surface area (Å²) in [6, 6.07) is 0. The van der Waals surface area contributed by atoms with E-state index in [4.69, 9.17) is 4.74 Å². The minimum absolute atomic E-state index is 0.119. The molecular weight excluding hydrogens is 242 g/mol. The van der Waals surface area contributed by atoms with Gasteiger partial charge in [0, 0.05) is 32.4 Å². The van der Waals surface area contributed by atoms with Gasteiger partial charge in [0.25, 0.3) is 0 Å². The van der Waals surface area contributed by atoms with E-state index in [1.54, 1.807) is 6.20 Å². The second kappa shape index (κ2) is 5.74. The first-order chi connectivity index (χ1) is 9.29. The molecular formula is C14H21N3O2. The number of ether oxygens (including phenoxy) is 1. The Kier molecular flexibility index (Phi) is 3.82. The summed E-state index contributed by atoms with van der Waals surface area (Å²) in [6.07, 6.45) is 8.94. The van der Waals surface area contributed by atoms with Crippen LogP contribution in [-0.2, 0) is 16.1 Å². The molecule has 1 aliphatic carbocycles. The fourth-order valence-electron chi connectivity index (χ4n) is 2.52. The fourth-order valence-corrected chi connectivity index (χ4v) is 2.52. The maximum absolute atomic E-state index is 11.7. The first-order valence-electron chi connectivity index (χ1n) is 7.19. The third-order valence-corrected chi connectivity index (χ3v) is 3.87. The summed E-state index contributed by atoms with van der Waals surface area (Å²) in [7, 11) is 0. The van der Waals surface area contributed by atoms with Crippen LogP contribution in [0, 0.1) is 11.8 Å². The summed E-state index contributed by atoms with van der Waals surface area (Å²) in [5.74, 6) is 1.38. The third-order valence-electron chi connectivity index (χ3n) is 3.87. The number of hydrogen-bond donors (Lipinski definition) is 1. The van der Waals surface area contributed by atoms with E-state index in [1.807, 2.05) is 10.9 Å². The minimum atomic E-state index is 0.119. The third kappa shape index (κ3) is 3.80. The van der Waals surface area contributed by atoms with Crippen LogP contribution < -0.4 is 5.32 Å². The Hall–Kier alpha value is -1.36. The van der Waals surface area contributed by atoms with Gasteiger partial charge in [-0.2, -0.15) is 5.10 Å².